The van der Waals surface area contributed by atoms with E-state index in [0.717, 1.165) is 16.5 Å². The smallest absolute Gasteiger partial charge is 0.255 e. The maximum absolute atomic E-state index is 13.0. The van der Waals surface area contributed by atoms with Gasteiger partial charge in [-0.25, -0.2) is 12.8 Å². The first kappa shape index (κ1) is 21.3. The van der Waals surface area contributed by atoms with Gasteiger partial charge >= 0.3 is 0 Å². The largest absolute Gasteiger partial charge is 0.337 e. The van der Waals surface area contributed by atoms with Crippen LogP contribution in [0.1, 0.15) is 21.5 Å². The van der Waals surface area contributed by atoms with Gasteiger partial charge in [0.2, 0.25) is 0 Å². The molecule has 3 aromatic rings. The van der Waals surface area contributed by atoms with Gasteiger partial charge in [0.25, 0.3) is 15.9 Å². The molecule has 1 amide bonds. The Morgan fingerprint density at radius 2 is 1.60 bits per heavy atom. The van der Waals surface area contributed by atoms with Gasteiger partial charge in [-0.1, -0.05) is 42.5 Å². The second kappa shape index (κ2) is 9.37. The van der Waals surface area contributed by atoms with Gasteiger partial charge in [0, 0.05) is 24.8 Å². The van der Waals surface area contributed by atoms with E-state index in [1.54, 1.807) is 43.4 Å². The number of benzene rings is 3. The standard InChI is InChI=1S/C23H21FN2O3S/c1-26(17-19-7-11-21(24)12-8-19)23(27)20-9-13-22(14-10-20)25-30(28,29)16-15-18-5-3-2-4-6-18/h2-16,25H,17H2,1H3/b16-15+. The van der Waals surface area contributed by atoms with Gasteiger partial charge in [-0.05, 0) is 53.6 Å². The molecule has 0 saturated carbocycles. The highest BCUT2D eigenvalue weighted by Crippen LogP contribution is 2.15. The zero-order chi connectivity index (χ0) is 21.6. The molecule has 0 aliphatic rings. The van der Waals surface area contributed by atoms with Crippen LogP contribution in [0.15, 0.2) is 84.3 Å². The average Bonchev–Trinajstić information content (AvgIpc) is 2.74. The molecule has 30 heavy (non-hydrogen) atoms. The first-order valence-electron chi connectivity index (χ1n) is 9.18. The summed E-state index contributed by atoms with van der Waals surface area (Å²) in [6.07, 6.45) is 1.50. The second-order valence-electron chi connectivity index (χ2n) is 6.73. The van der Waals surface area contributed by atoms with Crippen LogP contribution in [0, 0.1) is 5.82 Å². The molecule has 0 aromatic heterocycles. The Morgan fingerprint density at radius 3 is 2.23 bits per heavy atom. The van der Waals surface area contributed by atoms with Crippen molar-refractivity contribution in [3.05, 3.63) is 107 Å². The van der Waals surface area contributed by atoms with Crippen LogP contribution in [0.3, 0.4) is 0 Å². The van der Waals surface area contributed by atoms with Gasteiger partial charge in [-0.2, -0.15) is 0 Å². The molecule has 0 radical (unpaired) electrons. The first-order valence-corrected chi connectivity index (χ1v) is 10.7. The zero-order valence-corrected chi connectivity index (χ0v) is 17.1. The molecular weight excluding hydrogens is 403 g/mol. The minimum Gasteiger partial charge on any atom is -0.337 e. The minimum absolute atomic E-state index is 0.224. The third-order valence-corrected chi connectivity index (χ3v) is 5.33. The molecule has 0 aliphatic carbocycles. The van der Waals surface area contributed by atoms with Gasteiger partial charge in [0.05, 0.1) is 5.41 Å². The van der Waals surface area contributed by atoms with Crippen LogP contribution in [-0.2, 0) is 16.6 Å². The molecular formula is C23H21FN2O3S. The van der Waals surface area contributed by atoms with Crippen molar-refractivity contribution in [2.75, 3.05) is 11.8 Å². The summed E-state index contributed by atoms with van der Waals surface area (Å²) in [6.45, 7) is 0.331. The summed E-state index contributed by atoms with van der Waals surface area (Å²) in [4.78, 5) is 14.1. The fourth-order valence-corrected chi connectivity index (χ4v) is 3.64. The van der Waals surface area contributed by atoms with Crippen molar-refractivity contribution in [2.45, 2.75) is 6.54 Å². The predicted octanol–water partition coefficient (Wildman–Crippen LogP) is 4.51. The maximum atomic E-state index is 13.0. The Balaban J connectivity index is 1.63. The topological polar surface area (TPSA) is 66.5 Å². The van der Waals surface area contributed by atoms with Crippen LogP contribution in [-0.4, -0.2) is 26.3 Å². The van der Waals surface area contributed by atoms with Crippen LogP contribution < -0.4 is 4.72 Å². The van der Waals surface area contributed by atoms with Crippen molar-refractivity contribution < 1.29 is 17.6 Å². The number of carbonyl (C=O) groups is 1. The molecule has 154 valence electrons. The molecule has 0 fully saturated rings. The van der Waals surface area contributed by atoms with Crippen LogP contribution in [0.2, 0.25) is 0 Å². The lowest BCUT2D eigenvalue weighted by Crippen LogP contribution is -2.26. The Labute approximate surface area is 175 Å². The van der Waals surface area contributed by atoms with E-state index in [4.69, 9.17) is 0 Å². The highest BCUT2D eigenvalue weighted by atomic mass is 32.2. The lowest BCUT2D eigenvalue weighted by atomic mass is 10.1. The third kappa shape index (κ3) is 6.02. The lowest BCUT2D eigenvalue weighted by molar-refractivity contribution is 0.0785. The lowest BCUT2D eigenvalue weighted by Gasteiger charge is -2.17. The molecule has 5 nitrogen and oxygen atoms in total. The van der Waals surface area contributed by atoms with Gasteiger partial charge in [0.15, 0.2) is 0 Å². The van der Waals surface area contributed by atoms with Crippen molar-refractivity contribution >= 4 is 27.7 Å². The summed E-state index contributed by atoms with van der Waals surface area (Å²) in [6, 6.07) is 21.2. The molecule has 0 unspecified atom stereocenters. The first-order chi connectivity index (χ1) is 14.3. The van der Waals surface area contributed by atoms with Crippen molar-refractivity contribution in [3.8, 4) is 0 Å². The van der Waals surface area contributed by atoms with Gasteiger partial charge in [-0.15, -0.1) is 0 Å². The summed E-state index contributed by atoms with van der Waals surface area (Å²) < 4.78 is 39.9. The minimum atomic E-state index is -3.68. The molecule has 1 N–H and O–H groups in total. The normalized spacial score (nSPS) is 11.4. The van der Waals surface area contributed by atoms with Crippen molar-refractivity contribution in [1.29, 1.82) is 0 Å². The van der Waals surface area contributed by atoms with Crippen LogP contribution in [0.5, 0.6) is 0 Å². The van der Waals surface area contributed by atoms with E-state index in [0.29, 0.717) is 17.8 Å². The summed E-state index contributed by atoms with van der Waals surface area (Å²) >= 11 is 0. The SMILES string of the molecule is CN(Cc1ccc(F)cc1)C(=O)c1ccc(NS(=O)(=O)/C=C/c2ccccc2)cc1. The van der Waals surface area contributed by atoms with Crippen LogP contribution >= 0.6 is 0 Å². The van der Waals surface area contributed by atoms with Gasteiger partial charge in [-0.3, -0.25) is 9.52 Å². The van der Waals surface area contributed by atoms with E-state index >= 15 is 0 Å². The summed E-state index contributed by atoms with van der Waals surface area (Å²) in [5.41, 5.74) is 2.35. The number of hydrogen-bond donors (Lipinski definition) is 1. The number of sulfonamides is 1. The molecule has 0 heterocycles. The van der Waals surface area contributed by atoms with Gasteiger partial charge < -0.3 is 4.90 Å². The number of hydrogen-bond acceptors (Lipinski definition) is 3. The summed E-state index contributed by atoms with van der Waals surface area (Å²) in [5.74, 6) is -0.554. The molecule has 0 saturated heterocycles. The zero-order valence-electron chi connectivity index (χ0n) is 16.3. The van der Waals surface area contributed by atoms with E-state index in [1.165, 1.54) is 35.2 Å². The number of halogens is 1. The Kier molecular flexibility index (Phi) is 6.64. The highest BCUT2D eigenvalue weighted by Gasteiger charge is 2.13. The number of amides is 1. The summed E-state index contributed by atoms with van der Waals surface area (Å²) in [5, 5.41) is 1.10. The monoisotopic (exact) mass is 424 g/mol. The Hall–Kier alpha value is -3.45. The van der Waals surface area contributed by atoms with E-state index in [2.05, 4.69) is 4.72 Å². The Bertz CT molecular complexity index is 1130. The molecule has 0 aliphatic heterocycles. The fourth-order valence-electron chi connectivity index (χ4n) is 2.77. The molecule has 0 bridgehead atoms. The van der Waals surface area contributed by atoms with E-state index in [-0.39, 0.29) is 11.7 Å². The van der Waals surface area contributed by atoms with E-state index in [1.807, 2.05) is 18.2 Å². The average molecular weight is 424 g/mol. The van der Waals surface area contributed by atoms with Crippen LogP contribution in [0.4, 0.5) is 10.1 Å². The summed E-state index contributed by atoms with van der Waals surface area (Å²) in [7, 11) is -2.03. The van der Waals surface area contributed by atoms with E-state index in [9.17, 15) is 17.6 Å². The molecule has 0 spiro atoms. The molecule has 3 aromatic carbocycles. The van der Waals surface area contributed by atoms with E-state index < -0.39 is 10.0 Å². The maximum Gasteiger partial charge on any atom is 0.255 e. The third-order valence-electron chi connectivity index (χ3n) is 4.31. The molecule has 3 rings (SSSR count). The quantitative estimate of drug-likeness (QED) is 0.607. The van der Waals surface area contributed by atoms with Crippen molar-refractivity contribution in [1.82, 2.24) is 4.90 Å². The number of rotatable bonds is 7. The van der Waals surface area contributed by atoms with Crippen molar-refractivity contribution in [2.24, 2.45) is 0 Å². The number of nitrogens with one attached hydrogen (secondary N) is 1. The number of carbonyl (C=O) groups excluding carboxylic acids is 1. The predicted molar refractivity (Wildman–Crippen MR) is 117 cm³/mol. The number of anilines is 1. The highest BCUT2D eigenvalue weighted by molar-refractivity contribution is 7.95. The number of nitrogens with zero attached hydrogens (tertiary/aromatic N) is 1. The van der Waals surface area contributed by atoms with Crippen molar-refractivity contribution in [3.63, 3.8) is 0 Å². The molecule has 0 atom stereocenters. The van der Waals surface area contributed by atoms with Gasteiger partial charge in [0.1, 0.15) is 5.82 Å². The Morgan fingerprint density at radius 1 is 0.967 bits per heavy atom. The fraction of sp³-hybridized carbons (Fsp3) is 0.0870. The molecule has 7 heteroatoms. The van der Waals surface area contributed by atoms with Crippen LogP contribution in [0.25, 0.3) is 6.08 Å². The second-order valence-corrected chi connectivity index (χ2v) is 8.29.